The summed E-state index contributed by atoms with van der Waals surface area (Å²) in [7, 11) is 0. The van der Waals surface area contributed by atoms with Gasteiger partial charge in [-0.05, 0) is 19.8 Å². The Labute approximate surface area is 103 Å². The minimum atomic E-state index is -0.234. The number of aryl methyl sites for hydroxylation is 1. The maximum Gasteiger partial charge on any atom is 0.311 e. The van der Waals surface area contributed by atoms with Gasteiger partial charge in [-0.2, -0.15) is 0 Å². The summed E-state index contributed by atoms with van der Waals surface area (Å²) >= 11 is 1.47. The van der Waals surface area contributed by atoms with Gasteiger partial charge in [0.2, 0.25) is 0 Å². The number of terminal acetylenes is 1. The zero-order chi connectivity index (χ0) is 12.4. The van der Waals surface area contributed by atoms with Gasteiger partial charge in [0, 0.05) is 11.1 Å². The van der Waals surface area contributed by atoms with Gasteiger partial charge in [0.15, 0.2) is 4.96 Å². The molecule has 0 saturated carbocycles. The molecule has 0 unspecified atom stereocenters. The predicted molar refractivity (Wildman–Crippen MR) is 66.1 cm³/mol. The number of fused-ring (bicyclic) bond motifs is 1. The molecule has 0 amide bonds. The molecule has 5 heteroatoms. The summed E-state index contributed by atoms with van der Waals surface area (Å²) in [6.07, 6.45) is 5.60. The predicted octanol–water partition coefficient (Wildman–Crippen LogP) is 1.79. The Morgan fingerprint density at radius 2 is 2.47 bits per heavy atom. The third-order valence-electron chi connectivity index (χ3n) is 2.43. The van der Waals surface area contributed by atoms with Crippen LogP contribution in [0.5, 0.6) is 0 Å². The van der Waals surface area contributed by atoms with Gasteiger partial charge in [0.25, 0.3) is 0 Å². The second-order valence-corrected chi connectivity index (χ2v) is 4.35. The Hall–Kier alpha value is -1.80. The molecule has 0 aliphatic heterocycles. The molecule has 0 atom stereocenters. The largest absolute Gasteiger partial charge is 0.466 e. The van der Waals surface area contributed by atoms with Gasteiger partial charge in [-0.1, -0.05) is 0 Å². The van der Waals surface area contributed by atoms with Crippen molar-refractivity contribution in [2.24, 2.45) is 0 Å². The molecule has 0 N–H and O–H groups in total. The normalized spacial score (nSPS) is 10.4. The number of esters is 1. The van der Waals surface area contributed by atoms with Crippen molar-refractivity contribution in [1.29, 1.82) is 0 Å². The Morgan fingerprint density at radius 1 is 1.71 bits per heavy atom. The van der Waals surface area contributed by atoms with E-state index in [-0.39, 0.29) is 12.4 Å². The van der Waals surface area contributed by atoms with E-state index in [1.165, 1.54) is 11.3 Å². The summed E-state index contributed by atoms with van der Waals surface area (Å²) in [5.74, 6) is 2.30. The highest BCUT2D eigenvalue weighted by Gasteiger charge is 2.14. The zero-order valence-corrected chi connectivity index (χ0v) is 10.5. The number of aromatic nitrogens is 2. The van der Waals surface area contributed by atoms with Crippen molar-refractivity contribution in [3.05, 3.63) is 22.5 Å². The maximum atomic E-state index is 11.5. The molecule has 0 aromatic carbocycles. The maximum absolute atomic E-state index is 11.5. The number of carbonyl (C=O) groups is 1. The summed E-state index contributed by atoms with van der Waals surface area (Å²) in [5, 5.41) is 1.91. The smallest absolute Gasteiger partial charge is 0.311 e. The number of ether oxygens (including phenoxy) is 1. The van der Waals surface area contributed by atoms with Crippen LogP contribution in [0.15, 0.2) is 5.38 Å². The number of carbonyl (C=O) groups excluding carboxylic acids is 1. The van der Waals surface area contributed by atoms with E-state index in [1.54, 1.807) is 6.92 Å². The Kier molecular flexibility index (Phi) is 3.16. The SMILES string of the molecule is C#Cc1nc2scc(CC(=O)OCC)n2c1C. The molecule has 17 heavy (non-hydrogen) atoms. The summed E-state index contributed by atoms with van der Waals surface area (Å²) < 4.78 is 6.84. The summed E-state index contributed by atoms with van der Waals surface area (Å²) in [6, 6.07) is 0. The Balaban J connectivity index is 2.39. The van der Waals surface area contributed by atoms with Gasteiger partial charge in [-0.15, -0.1) is 17.8 Å². The van der Waals surface area contributed by atoms with E-state index in [1.807, 2.05) is 16.7 Å². The lowest BCUT2D eigenvalue weighted by molar-refractivity contribution is -0.142. The van der Waals surface area contributed by atoms with Crippen molar-refractivity contribution in [1.82, 2.24) is 9.38 Å². The molecule has 0 aliphatic rings. The highest BCUT2D eigenvalue weighted by Crippen LogP contribution is 2.20. The van der Waals surface area contributed by atoms with Gasteiger partial charge in [0.1, 0.15) is 5.69 Å². The number of imidazole rings is 1. The molecular weight excluding hydrogens is 236 g/mol. The molecule has 2 rings (SSSR count). The van der Waals surface area contributed by atoms with Crippen LogP contribution in [0.3, 0.4) is 0 Å². The van der Waals surface area contributed by atoms with E-state index in [2.05, 4.69) is 10.9 Å². The van der Waals surface area contributed by atoms with Crippen molar-refractivity contribution in [3.8, 4) is 12.3 Å². The summed E-state index contributed by atoms with van der Waals surface area (Å²) in [6.45, 7) is 4.08. The number of rotatable bonds is 3. The standard InChI is InChI=1S/C12H12N2O2S/c1-4-10-8(3)14-9(6-11(15)16-5-2)7-17-12(14)13-10/h1,7H,5-6H2,2-3H3. The minimum absolute atomic E-state index is 0.234. The van der Waals surface area contributed by atoms with Crippen molar-refractivity contribution in [3.63, 3.8) is 0 Å². The molecule has 0 aliphatic carbocycles. The van der Waals surface area contributed by atoms with Crippen LogP contribution in [0.1, 0.15) is 24.0 Å². The lowest BCUT2D eigenvalue weighted by Gasteiger charge is -2.01. The molecule has 4 nitrogen and oxygen atoms in total. The second-order valence-electron chi connectivity index (χ2n) is 3.52. The quantitative estimate of drug-likeness (QED) is 0.614. The van der Waals surface area contributed by atoms with Gasteiger partial charge >= 0.3 is 5.97 Å². The molecule has 0 fully saturated rings. The second kappa shape index (κ2) is 4.60. The first-order valence-electron chi connectivity index (χ1n) is 5.25. The summed E-state index contributed by atoms with van der Waals surface area (Å²) in [4.78, 5) is 16.6. The minimum Gasteiger partial charge on any atom is -0.466 e. The van der Waals surface area contributed by atoms with Crippen LogP contribution in [0.4, 0.5) is 0 Å². The zero-order valence-electron chi connectivity index (χ0n) is 9.69. The average Bonchev–Trinajstić information content (AvgIpc) is 2.81. The first kappa shape index (κ1) is 11.7. The van der Waals surface area contributed by atoms with E-state index in [0.29, 0.717) is 12.3 Å². The van der Waals surface area contributed by atoms with Crippen LogP contribution in [0.2, 0.25) is 0 Å². The lowest BCUT2D eigenvalue weighted by Crippen LogP contribution is -2.09. The number of nitrogens with zero attached hydrogens (tertiary/aromatic N) is 2. The third kappa shape index (κ3) is 2.04. The highest BCUT2D eigenvalue weighted by molar-refractivity contribution is 7.15. The first-order valence-corrected chi connectivity index (χ1v) is 6.13. The molecule has 0 spiro atoms. The van der Waals surface area contributed by atoms with E-state index >= 15 is 0 Å². The molecular formula is C12H12N2O2S. The Morgan fingerprint density at radius 3 is 3.12 bits per heavy atom. The van der Waals surface area contributed by atoms with E-state index in [0.717, 1.165) is 16.3 Å². The van der Waals surface area contributed by atoms with Crippen molar-refractivity contribution in [2.45, 2.75) is 20.3 Å². The molecule has 0 saturated heterocycles. The van der Waals surface area contributed by atoms with Gasteiger partial charge in [-0.3, -0.25) is 9.20 Å². The monoisotopic (exact) mass is 248 g/mol. The van der Waals surface area contributed by atoms with Gasteiger partial charge in [0.05, 0.1) is 18.7 Å². The molecule has 2 aromatic heterocycles. The fraction of sp³-hybridized carbons (Fsp3) is 0.333. The molecule has 88 valence electrons. The average molecular weight is 248 g/mol. The number of hydrogen-bond donors (Lipinski definition) is 0. The van der Waals surface area contributed by atoms with Gasteiger partial charge in [-0.25, -0.2) is 4.98 Å². The van der Waals surface area contributed by atoms with Crippen LogP contribution >= 0.6 is 11.3 Å². The van der Waals surface area contributed by atoms with Crippen molar-refractivity contribution < 1.29 is 9.53 Å². The molecule has 2 heterocycles. The first-order chi connectivity index (χ1) is 8.17. The Bertz CT molecular complexity index is 604. The third-order valence-corrected chi connectivity index (χ3v) is 3.31. The molecule has 0 radical (unpaired) electrons. The van der Waals surface area contributed by atoms with E-state index < -0.39 is 0 Å². The van der Waals surface area contributed by atoms with E-state index in [9.17, 15) is 4.79 Å². The highest BCUT2D eigenvalue weighted by atomic mass is 32.1. The lowest BCUT2D eigenvalue weighted by atomic mass is 10.3. The number of hydrogen-bond acceptors (Lipinski definition) is 4. The van der Waals surface area contributed by atoms with Crippen LogP contribution in [0, 0.1) is 19.3 Å². The molecule has 2 aromatic rings. The van der Waals surface area contributed by atoms with Crippen molar-refractivity contribution in [2.75, 3.05) is 6.61 Å². The van der Waals surface area contributed by atoms with Crippen LogP contribution < -0.4 is 0 Å². The van der Waals surface area contributed by atoms with Crippen LogP contribution in [-0.4, -0.2) is 22.0 Å². The topological polar surface area (TPSA) is 43.6 Å². The number of thiazole rings is 1. The summed E-state index contributed by atoms with van der Waals surface area (Å²) in [5.41, 5.74) is 2.39. The van der Waals surface area contributed by atoms with Gasteiger partial charge < -0.3 is 4.74 Å². The fourth-order valence-electron chi connectivity index (χ4n) is 1.68. The van der Waals surface area contributed by atoms with Crippen LogP contribution in [-0.2, 0) is 16.0 Å². The fourth-order valence-corrected chi connectivity index (χ4v) is 2.62. The van der Waals surface area contributed by atoms with E-state index in [4.69, 9.17) is 11.2 Å². The van der Waals surface area contributed by atoms with Crippen LogP contribution in [0.25, 0.3) is 4.96 Å². The van der Waals surface area contributed by atoms with Crippen molar-refractivity contribution >= 4 is 22.3 Å². The molecule has 0 bridgehead atoms.